The van der Waals surface area contributed by atoms with E-state index in [1.54, 1.807) is 0 Å². The number of hydrogen-bond acceptors (Lipinski definition) is 2. The molecule has 1 heterocycles. The van der Waals surface area contributed by atoms with E-state index in [1.165, 1.54) is 16.5 Å². The minimum atomic E-state index is 0.00634. The second-order valence-electron chi connectivity index (χ2n) is 5.30. The van der Waals surface area contributed by atoms with Crippen molar-refractivity contribution in [3.05, 3.63) is 76.3 Å². The smallest absolute Gasteiger partial charge is 0.167 e. The highest BCUT2D eigenvalue weighted by Crippen LogP contribution is 2.23. The van der Waals surface area contributed by atoms with Crippen LogP contribution in [0.4, 0.5) is 0 Å². The van der Waals surface area contributed by atoms with Crippen LogP contribution in [0.2, 0.25) is 0 Å². The van der Waals surface area contributed by atoms with Crippen LogP contribution >= 0.6 is 0 Å². The summed E-state index contributed by atoms with van der Waals surface area (Å²) in [5, 5.41) is 4.70. The molecule has 0 aliphatic heterocycles. The molecule has 0 radical (unpaired) electrons. The Morgan fingerprint density at radius 1 is 1.17 bits per heavy atom. The first-order valence-electron chi connectivity index (χ1n) is 7.61. The van der Waals surface area contributed by atoms with Crippen molar-refractivity contribution in [2.24, 2.45) is 5.11 Å². The van der Waals surface area contributed by atoms with Crippen LogP contribution in [0.1, 0.15) is 18.1 Å². The summed E-state index contributed by atoms with van der Waals surface area (Å²) >= 11 is 0. The van der Waals surface area contributed by atoms with Gasteiger partial charge in [-0.25, -0.2) is 0 Å². The Bertz CT molecular complexity index is 862. The van der Waals surface area contributed by atoms with E-state index in [0.29, 0.717) is 5.75 Å². The fourth-order valence-corrected chi connectivity index (χ4v) is 2.79. The predicted molar refractivity (Wildman–Crippen MR) is 91.5 cm³/mol. The average Bonchev–Trinajstić information content (AvgIpc) is 2.94. The van der Waals surface area contributed by atoms with E-state index in [1.807, 2.05) is 18.2 Å². The molecule has 5 nitrogen and oxygen atoms in total. The molecular weight excluding hydrogens is 288 g/mol. The third kappa shape index (κ3) is 3.30. The molecule has 0 atom stereocenters. The Hall–Kier alpha value is -2.91. The second kappa shape index (κ2) is 6.90. The maximum absolute atomic E-state index is 8.29. The lowest BCUT2D eigenvalue weighted by atomic mass is 10.1. The van der Waals surface area contributed by atoms with Gasteiger partial charge in [0.05, 0.1) is 0 Å². The highest BCUT2D eigenvalue weighted by atomic mass is 16.5. The number of azide groups is 1. The van der Waals surface area contributed by atoms with Gasteiger partial charge >= 0.3 is 0 Å². The third-order valence-corrected chi connectivity index (χ3v) is 3.86. The lowest BCUT2D eigenvalue weighted by Gasteiger charge is -2.08. The number of aryl methyl sites for hydroxylation is 1. The Balaban J connectivity index is 1.87. The van der Waals surface area contributed by atoms with Crippen LogP contribution < -0.4 is 4.74 Å². The molecule has 0 unspecified atom stereocenters. The van der Waals surface area contributed by atoms with E-state index in [2.05, 4.69) is 58.0 Å². The van der Waals surface area contributed by atoms with E-state index in [0.717, 1.165) is 18.5 Å². The monoisotopic (exact) mass is 306 g/mol. The molecule has 0 spiro atoms. The van der Waals surface area contributed by atoms with Crippen molar-refractivity contribution >= 4 is 10.9 Å². The van der Waals surface area contributed by atoms with Crippen molar-refractivity contribution in [1.29, 1.82) is 0 Å². The molecule has 1 aromatic heterocycles. The fraction of sp³-hybridized carbons (Fsp3) is 0.222. The standard InChI is InChI=1S/C18H18N4O/c1-2-15-12-22(18-9-4-3-8-17(15)18)11-14-6-5-7-16(10-14)23-13-20-21-19/h3-10,12H,2,11,13H2,1H3. The normalized spacial score (nSPS) is 10.5. The quantitative estimate of drug-likeness (QED) is 0.363. The van der Waals surface area contributed by atoms with Crippen molar-refractivity contribution < 1.29 is 4.74 Å². The maximum atomic E-state index is 8.29. The molecule has 0 aliphatic carbocycles. The van der Waals surface area contributed by atoms with Gasteiger partial charge in [0.25, 0.3) is 0 Å². The van der Waals surface area contributed by atoms with E-state index in [-0.39, 0.29) is 6.73 Å². The number of fused-ring (bicyclic) bond motifs is 1. The van der Waals surface area contributed by atoms with Gasteiger partial charge in [-0.05, 0) is 41.3 Å². The van der Waals surface area contributed by atoms with Crippen LogP contribution in [0, 0.1) is 0 Å². The van der Waals surface area contributed by atoms with Crippen molar-refractivity contribution in [2.45, 2.75) is 19.9 Å². The third-order valence-electron chi connectivity index (χ3n) is 3.86. The molecule has 0 N–H and O–H groups in total. The fourth-order valence-electron chi connectivity index (χ4n) is 2.79. The topological polar surface area (TPSA) is 62.9 Å². The molecule has 0 saturated carbocycles. The zero-order valence-electron chi connectivity index (χ0n) is 13.0. The number of aromatic nitrogens is 1. The van der Waals surface area contributed by atoms with E-state index < -0.39 is 0 Å². The summed E-state index contributed by atoms with van der Waals surface area (Å²) in [6.45, 7) is 2.96. The first kappa shape index (κ1) is 15.0. The number of benzene rings is 2. The largest absolute Gasteiger partial charge is 0.488 e. The molecule has 0 aliphatic rings. The molecule has 23 heavy (non-hydrogen) atoms. The predicted octanol–water partition coefficient (Wildman–Crippen LogP) is 4.90. The Morgan fingerprint density at radius 2 is 2.04 bits per heavy atom. The summed E-state index contributed by atoms with van der Waals surface area (Å²) in [6, 6.07) is 16.3. The van der Waals surface area contributed by atoms with Gasteiger partial charge in [0.2, 0.25) is 0 Å². The molecule has 3 rings (SSSR count). The zero-order valence-corrected chi connectivity index (χ0v) is 13.0. The SMILES string of the molecule is CCc1cn(Cc2cccc(OCN=[N+]=[N-])c2)c2ccccc12. The van der Waals surface area contributed by atoms with Crippen LogP contribution in [0.25, 0.3) is 21.3 Å². The summed E-state index contributed by atoms with van der Waals surface area (Å²) in [6.07, 6.45) is 3.24. The number of rotatable bonds is 6. The van der Waals surface area contributed by atoms with Gasteiger partial charge in [-0.15, -0.1) is 0 Å². The van der Waals surface area contributed by atoms with Crippen molar-refractivity contribution in [2.75, 3.05) is 6.73 Å². The molecule has 2 aromatic carbocycles. The Labute approximate surface area is 134 Å². The number of nitrogens with zero attached hydrogens (tertiary/aromatic N) is 4. The minimum absolute atomic E-state index is 0.00634. The molecule has 0 saturated heterocycles. The van der Waals surface area contributed by atoms with Gasteiger partial charge in [-0.3, -0.25) is 0 Å². The minimum Gasteiger partial charge on any atom is -0.488 e. The van der Waals surface area contributed by atoms with Crippen molar-refractivity contribution in [3.63, 3.8) is 0 Å². The highest BCUT2D eigenvalue weighted by Gasteiger charge is 2.07. The van der Waals surface area contributed by atoms with Crippen LogP contribution in [0.15, 0.2) is 59.8 Å². The van der Waals surface area contributed by atoms with Crippen LogP contribution in [0.3, 0.4) is 0 Å². The van der Waals surface area contributed by atoms with Crippen LogP contribution in [0.5, 0.6) is 5.75 Å². The summed E-state index contributed by atoms with van der Waals surface area (Å²) in [4.78, 5) is 2.68. The molecule has 0 amide bonds. The second-order valence-corrected chi connectivity index (χ2v) is 5.30. The van der Waals surface area contributed by atoms with Gasteiger partial charge in [0, 0.05) is 28.6 Å². The molecule has 0 fully saturated rings. The van der Waals surface area contributed by atoms with E-state index in [4.69, 9.17) is 10.3 Å². The van der Waals surface area contributed by atoms with Crippen LogP contribution in [-0.2, 0) is 13.0 Å². The first-order valence-corrected chi connectivity index (χ1v) is 7.61. The average molecular weight is 306 g/mol. The molecular formula is C18H18N4O. The maximum Gasteiger partial charge on any atom is 0.167 e. The van der Waals surface area contributed by atoms with Gasteiger partial charge < -0.3 is 9.30 Å². The summed E-state index contributed by atoms with van der Waals surface area (Å²) in [7, 11) is 0. The summed E-state index contributed by atoms with van der Waals surface area (Å²) in [5.41, 5.74) is 12.0. The molecule has 116 valence electrons. The van der Waals surface area contributed by atoms with Crippen molar-refractivity contribution in [1.82, 2.24) is 4.57 Å². The van der Waals surface area contributed by atoms with E-state index >= 15 is 0 Å². The lowest BCUT2D eigenvalue weighted by molar-refractivity contribution is 0.329. The number of para-hydroxylation sites is 1. The van der Waals surface area contributed by atoms with Crippen molar-refractivity contribution in [3.8, 4) is 5.75 Å². The number of ether oxygens (including phenoxy) is 1. The number of hydrogen-bond donors (Lipinski definition) is 0. The summed E-state index contributed by atoms with van der Waals surface area (Å²) in [5.74, 6) is 0.710. The van der Waals surface area contributed by atoms with Crippen LogP contribution in [-0.4, -0.2) is 11.3 Å². The molecule has 0 bridgehead atoms. The summed E-state index contributed by atoms with van der Waals surface area (Å²) < 4.78 is 7.67. The zero-order chi connectivity index (χ0) is 16.1. The van der Waals surface area contributed by atoms with Gasteiger partial charge in [0.15, 0.2) is 6.73 Å². The lowest BCUT2D eigenvalue weighted by Crippen LogP contribution is -1.99. The van der Waals surface area contributed by atoms with Gasteiger partial charge in [0.1, 0.15) is 5.75 Å². The van der Waals surface area contributed by atoms with Gasteiger partial charge in [-0.2, -0.15) is 0 Å². The van der Waals surface area contributed by atoms with E-state index in [9.17, 15) is 0 Å². The van der Waals surface area contributed by atoms with Gasteiger partial charge in [-0.1, -0.05) is 42.4 Å². The molecule has 5 heteroatoms. The highest BCUT2D eigenvalue weighted by molar-refractivity contribution is 5.84. The Kier molecular flexibility index (Phi) is 4.50. The first-order chi connectivity index (χ1) is 11.3. The molecule has 3 aromatic rings. The Morgan fingerprint density at radius 3 is 2.87 bits per heavy atom.